The summed E-state index contributed by atoms with van der Waals surface area (Å²) < 4.78 is 0. The minimum absolute atomic E-state index is 0.645. The number of benzene rings is 1. The molecule has 0 radical (unpaired) electrons. The first-order chi connectivity index (χ1) is 8.20. The Labute approximate surface area is 106 Å². The second-order valence-corrected chi connectivity index (χ2v) is 4.93. The van der Waals surface area contributed by atoms with Gasteiger partial charge in [0, 0.05) is 17.5 Å². The van der Waals surface area contributed by atoms with Crippen molar-refractivity contribution in [1.29, 1.82) is 0 Å². The Bertz CT molecular complexity index is 485. The molecule has 2 aromatic rings. The average molecular weight is 247 g/mol. The summed E-state index contributed by atoms with van der Waals surface area (Å²) in [6, 6.07) is 6.27. The van der Waals surface area contributed by atoms with Crippen molar-refractivity contribution < 1.29 is 0 Å². The van der Waals surface area contributed by atoms with Crippen molar-refractivity contribution in [2.75, 3.05) is 11.9 Å². The highest BCUT2D eigenvalue weighted by Gasteiger charge is 2.05. The molecule has 0 fully saturated rings. The lowest BCUT2D eigenvalue weighted by molar-refractivity contribution is 0.936. The Morgan fingerprint density at radius 2 is 2.00 bits per heavy atom. The van der Waals surface area contributed by atoms with Gasteiger partial charge in [0.05, 0.1) is 5.69 Å². The van der Waals surface area contributed by atoms with Crippen molar-refractivity contribution in [3.8, 4) is 0 Å². The van der Waals surface area contributed by atoms with Gasteiger partial charge in [0.15, 0.2) is 5.13 Å². The highest BCUT2D eigenvalue weighted by molar-refractivity contribution is 7.13. The molecule has 4 heteroatoms. The summed E-state index contributed by atoms with van der Waals surface area (Å²) in [5, 5.41) is 6.38. The highest BCUT2D eigenvalue weighted by atomic mass is 32.1. The topological polar surface area (TPSA) is 50.9 Å². The predicted octanol–water partition coefficient (Wildman–Crippen LogP) is 3.00. The Kier molecular flexibility index (Phi) is 3.76. The van der Waals surface area contributed by atoms with Crippen LogP contribution in [0.3, 0.4) is 0 Å². The number of rotatable bonds is 4. The lowest BCUT2D eigenvalue weighted by atomic mass is 10.1. The summed E-state index contributed by atoms with van der Waals surface area (Å²) in [6.07, 6.45) is 0.838. The highest BCUT2D eigenvalue weighted by Crippen LogP contribution is 2.26. The van der Waals surface area contributed by atoms with Gasteiger partial charge < -0.3 is 11.1 Å². The van der Waals surface area contributed by atoms with Gasteiger partial charge in [-0.3, -0.25) is 0 Å². The Morgan fingerprint density at radius 1 is 1.29 bits per heavy atom. The number of hydrogen-bond acceptors (Lipinski definition) is 4. The fourth-order valence-corrected chi connectivity index (χ4v) is 2.49. The Morgan fingerprint density at radius 3 is 2.65 bits per heavy atom. The van der Waals surface area contributed by atoms with Gasteiger partial charge in [0.2, 0.25) is 0 Å². The quantitative estimate of drug-likeness (QED) is 0.873. The van der Waals surface area contributed by atoms with Crippen LogP contribution in [0.4, 0.5) is 10.8 Å². The summed E-state index contributed by atoms with van der Waals surface area (Å²) in [4.78, 5) is 4.50. The van der Waals surface area contributed by atoms with Gasteiger partial charge in [-0.05, 0) is 31.5 Å². The fourth-order valence-electron chi connectivity index (χ4n) is 1.75. The van der Waals surface area contributed by atoms with Crippen molar-refractivity contribution in [3.05, 3.63) is 40.4 Å². The lowest BCUT2D eigenvalue weighted by Crippen LogP contribution is -2.03. The zero-order valence-electron chi connectivity index (χ0n) is 10.2. The number of nitrogens with zero attached hydrogens (tertiary/aromatic N) is 1. The van der Waals surface area contributed by atoms with Crippen molar-refractivity contribution in [1.82, 2.24) is 4.98 Å². The van der Waals surface area contributed by atoms with E-state index in [1.54, 1.807) is 11.3 Å². The van der Waals surface area contributed by atoms with Gasteiger partial charge >= 0.3 is 0 Å². The molecule has 0 bridgehead atoms. The van der Waals surface area contributed by atoms with Crippen LogP contribution in [-0.2, 0) is 6.42 Å². The van der Waals surface area contributed by atoms with Crippen LogP contribution in [-0.4, -0.2) is 11.5 Å². The monoisotopic (exact) mass is 247 g/mol. The van der Waals surface area contributed by atoms with E-state index in [0.717, 1.165) is 22.9 Å². The van der Waals surface area contributed by atoms with Crippen molar-refractivity contribution >= 4 is 22.2 Å². The van der Waals surface area contributed by atoms with Crippen molar-refractivity contribution in [3.63, 3.8) is 0 Å². The van der Waals surface area contributed by atoms with Gasteiger partial charge in [-0.1, -0.05) is 18.2 Å². The number of para-hydroxylation sites is 1. The molecular weight excluding hydrogens is 230 g/mol. The molecule has 0 spiro atoms. The van der Waals surface area contributed by atoms with Crippen LogP contribution in [0.5, 0.6) is 0 Å². The summed E-state index contributed by atoms with van der Waals surface area (Å²) in [7, 11) is 0. The van der Waals surface area contributed by atoms with E-state index in [-0.39, 0.29) is 0 Å². The molecule has 3 N–H and O–H groups in total. The molecule has 0 atom stereocenters. The zero-order valence-corrected chi connectivity index (χ0v) is 11.0. The molecule has 0 saturated heterocycles. The smallest absolute Gasteiger partial charge is 0.187 e. The second-order valence-electron chi connectivity index (χ2n) is 4.07. The molecule has 0 aliphatic rings. The van der Waals surface area contributed by atoms with Crippen molar-refractivity contribution in [2.24, 2.45) is 5.73 Å². The van der Waals surface area contributed by atoms with Crippen LogP contribution >= 0.6 is 11.3 Å². The normalized spacial score (nSPS) is 10.5. The molecule has 17 heavy (non-hydrogen) atoms. The first-order valence-electron chi connectivity index (χ1n) is 5.68. The molecule has 0 aliphatic carbocycles. The molecule has 1 aromatic heterocycles. The summed E-state index contributed by atoms with van der Waals surface area (Å²) in [5.74, 6) is 0. The fraction of sp³-hybridized carbons (Fsp3) is 0.308. The molecule has 3 nitrogen and oxygen atoms in total. The number of aryl methyl sites for hydroxylation is 2. The summed E-state index contributed by atoms with van der Waals surface area (Å²) in [6.45, 7) is 4.85. The van der Waals surface area contributed by atoms with Gasteiger partial charge in [-0.25, -0.2) is 4.98 Å². The third kappa shape index (κ3) is 2.84. The molecule has 90 valence electrons. The largest absolute Gasteiger partial charge is 0.331 e. The van der Waals surface area contributed by atoms with Crippen molar-refractivity contribution in [2.45, 2.75) is 20.3 Å². The van der Waals surface area contributed by atoms with Crippen LogP contribution in [0.1, 0.15) is 16.8 Å². The Hall–Kier alpha value is -1.39. The average Bonchev–Trinajstić information content (AvgIpc) is 2.72. The van der Waals surface area contributed by atoms with Crippen LogP contribution in [0.2, 0.25) is 0 Å². The summed E-state index contributed by atoms with van der Waals surface area (Å²) in [5.41, 5.74) is 10.2. The standard InChI is InChI=1S/C13H17N3S/c1-9-4-3-5-10(2)12(9)16-13-15-11(6-7-14)8-17-13/h3-5,8H,6-7,14H2,1-2H3,(H,15,16). The molecular formula is C13H17N3S. The van der Waals surface area contributed by atoms with E-state index in [4.69, 9.17) is 5.73 Å². The van der Waals surface area contributed by atoms with E-state index in [0.29, 0.717) is 6.54 Å². The third-order valence-electron chi connectivity index (χ3n) is 2.67. The lowest BCUT2D eigenvalue weighted by Gasteiger charge is -2.09. The van der Waals surface area contributed by atoms with E-state index in [1.165, 1.54) is 11.1 Å². The maximum atomic E-state index is 5.51. The maximum absolute atomic E-state index is 5.51. The van der Waals surface area contributed by atoms with Crippen LogP contribution < -0.4 is 11.1 Å². The number of nitrogens with one attached hydrogen (secondary N) is 1. The number of thiazole rings is 1. The molecule has 0 aliphatic heterocycles. The minimum atomic E-state index is 0.645. The Balaban J connectivity index is 2.19. The molecule has 1 heterocycles. The van der Waals surface area contributed by atoms with Gasteiger partial charge in [0.1, 0.15) is 0 Å². The van der Waals surface area contributed by atoms with E-state index < -0.39 is 0 Å². The third-order valence-corrected chi connectivity index (χ3v) is 3.47. The SMILES string of the molecule is Cc1cccc(C)c1Nc1nc(CCN)cs1. The van der Waals surface area contributed by atoms with Crippen LogP contribution in [0.15, 0.2) is 23.6 Å². The molecule has 1 aromatic carbocycles. The van der Waals surface area contributed by atoms with E-state index in [2.05, 4.69) is 47.7 Å². The minimum Gasteiger partial charge on any atom is -0.331 e. The molecule has 0 amide bonds. The first kappa shape index (κ1) is 12.1. The number of anilines is 2. The molecule has 0 saturated carbocycles. The van der Waals surface area contributed by atoms with E-state index >= 15 is 0 Å². The van der Waals surface area contributed by atoms with Gasteiger partial charge in [0.25, 0.3) is 0 Å². The second kappa shape index (κ2) is 5.29. The number of aromatic nitrogens is 1. The molecule has 0 unspecified atom stereocenters. The number of nitrogens with two attached hydrogens (primary N) is 1. The van der Waals surface area contributed by atoms with Crippen LogP contribution in [0.25, 0.3) is 0 Å². The van der Waals surface area contributed by atoms with E-state index in [9.17, 15) is 0 Å². The summed E-state index contributed by atoms with van der Waals surface area (Å²) >= 11 is 1.62. The predicted molar refractivity (Wildman–Crippen MR) is 74.1 cm³/mol. The van der Waals surface area contributed by atoms with Gasteiger partial charge in [-0.2, -0.15) is 0 Å². The van der Waals surface area contributed by atoms with Crippen LogP contribution in [0, 0.1) is 13.8 Å². The maximum Gasteiger partial charge on any atom is 0.187 e. The number of hydrogen-bond donors (Lipinski definition) is 2. The molecule has 2 rings (SSSR count). The zero-order chi connectivity index (χ0) is 12.3. The van der Waals surface area contributed by atoms with Gasteiger partial charge in [-0.15, -0.1) is 11.3 Å². The first-order valence-corrected chi connectivity index (χ1v) is 6.56. The van der Waals surface area contributed by atoms with E-state index in [1.807, 2.05) is 0 Å².